The zero-order chi connectivity index (χ0) is 19.2. The first-order chi connectivity index (χ1) is 13.0. The fraction of sp³-hybridized carbons (Fsp3) is 0.150. The maximum Gasteiger partial charge on any atom is 0.244 e. The van der Waals surface area contributed by atoms with E-state index in [1.54, 1.807) is 48.5 Å². The Morgan fingerprint density at radius 2 is 1.81 bits per heavy atom. The van der Waals surface area contributed by atoms with E-state index in [9.17, 15) is 14.0 Å². The molecule has 0 aliphatic heterocycles. The molecule has 1 atom stereocenters. The molecule has 0 unspecified atom stereocenters. The van der Waals surface area contributed by atoms with E-state index in [1.165, 1.54) is 12.3 Å². The highest BCUT2D eigenvalue weighted by Crippen LogP contribution is 2.23. The van der Waals surface area contributed by atoms with Crippen LogP contribution in [0, 0.1) is 5.82 Å². The Kier molecular flexibility index (Phi) is 5.61. The molecule has 3 N–H and O–H groups in total. The van der Waals surface area contributed by atoms with Crippen LogP contribution < -0.4 is 11.1 Å². The third kappa shape index (κ3) is 4.58. The third-order valence-electron chi connectivity index (χ3n) is 3.98. The largest absolute Gasteiger partial charge is 0.441 e. The molecule has 0 saturated heterocycles. The summed E-state index contributed by atoms with van der Waals surface area (Å²) in [5, 5.41) is 2.61. The van der Waals surface area contributed by atoms with Gasteiger partial charge < -0.3 is 15.5 Å². The van der Waals surface area contributed by atoms with E-state index >= 15 is 0 Å². The van der Waals surface area contributed by atoms with Gasteiger partial charge in [-0.15, -0.1) is 0 Å². The SMILES string of the molecule is NC(=O)[C@H](NC(=O)CCc1ncc(-c2ccccc2F)o1)c1ccccc1. The van der Waals surface area contributed by atoms with Gasteiger partial charge in [-0.2, -0.15) is 0 Å². The van der Waals surface area contributed by atoms with Gasteiger partial charge in [0.1, 0.15) is 11.9 Å². The van der Waals surface area contributed by atoms with Gasteiger partial charge in [-0.05, 0) is 17.7 Å². The molecule has 3 aromatic rings. The summed E-state index contributed by atoms with van der Waals surface area (Å²) in [4.78, 5) is 27.9. The highest BCUT2D eigenvalue weighted by molar-refractivity contribution is 5.87. The van der Waals surface area contributed by atoms with E-state index in [2.05, 4.69) is 10.3 Å². The normalized spacial score (nSPS) is 11.7. The summed E-state index contributed by atoms with van der Waals surface area (Å²) in [7, 11) is 0. The Hall–Kier alpha value is -3.48. The monoisotopic (exact) mass is 367 g/mol. The highest BCUT2D eigenvalue weighted by Gasteiger charge is 2.20. The van der Waals surface area contributed by atoms with Crippen LogP contribution in [0.1, 0.15) is 23.9 Å². The van der Waals surface area contributed by atoms with Gasteiger partial charge in [0, 0.05) is 12.8 Å². The van der Waals surface area contributed by atoms with Gasteiger partial charge in [-0.3, -0.25) is 9.59 Å². The van der Waals surface area contributed by atoms with Gasteiger partial charge in [0.2, 0.25) is 11.8 Å². The lowest BCUT2D eigenvalue weighted by Crippen LogP contribution is -2.37. The number of rotatable bonds is 7. The minimum Gasteiger partial charge on any atom is -0.441 e. The summed E-state index contributed by atoms with van der Waals surface area (Å²) in [5.74, 6) is -0.826. The highest BCUT2D eigenvalue weighted by atomic mass is 19.1. The number of halogens is 1. The first-order valence-electron chi connectivity index (χ1n) is 8.38. The fourth-order valence-corrected chi connectivity index (χ4v) is 2.63. The molecule has 2 aromatic carbocycles. The van der Waals surface area contributed by atoms with Gasteiger partial charge in [-0.1, -0.05) is 42.5 Å². The van der Waals surface area contributed by atoms with E-state index in [0.717, 1.165) is 0 Å². The Morgan fingerprint density at radius 3 is 2.52 bits per heavy atom. The third-order valence-corrected chi connectivity index (χ3v) is 3.98. The van der Waals surface area contributed by atoms with Gasteiger partial charge in [0.05, 0.1) is 11.8 Å². The Morgan fingerprint density at radius 1 is 1.11 bits per heavy atom. The van der Waals surface area contributed by atoms with Crippen LogP contribution in [0.2, 0.25) is 0 Å². The number of hydrogen-bond acceptors (Lipinski definition) is 4. The summed E-state index contributed by atoms with van der Waals surface area (Å²) in [6.45, 7) is 0. The number of benzene rings is 2. The standard InChI is InChI=1S/C20H18FN3O3/c21-15-9-5-4-8-14(15)16-12-23-18(27-16)11-10-17(25)24-19(20(22)26)13-6-2-1-3-7-13/h1-9,12,19H,10-11H2,(H2,22,26)(H,24,25)/t19-/m1/s1. The van der Waals surface area contributed by atoms with Gasteiger partial charge in [0.25, 0.3) is 0 Å². The number of nitrogens with one attached hydrogen (secondary N) is 1. The number of aromatic nitrogens is 1. The van der Waals surface area contributed by atoms with Crippen molar-refractivity contribution in [1.29, 1.82) is 0 Å². The fourth-order valence-electron chi connectivity index (χ4n) is 2.63. The van der Waals surface area contributed by atoms with Crippen LogP contribution in [0.25, 0.3) is 11.3 Å². The molecule has 27 heavy (non-hydrogen) atoms. The number of nitrogens with zero attached hydrogens (tertiary/aromatic N) is 1. The lowest BCUT2D eigenvalue weighted by Gasteiger charge is -2.15. The molecule has 2 amide bonds. The van der Waals surface area contributed by atoms with Gasteiger partial charge in [-0.25, -0.2) is 9.37 Å². The summed E-state index contributed by atoms with van der Waals surface area (Å²) < 4.78 is 19.3. The predicted octanol–water partition coefficient (Wildman–Crippen LogP) is 2.76. The summed E-state index contributed by atoms with van der Waals surface area (Å²) in [5.41, 5.74) is 6.30. The van der Waals surface area contributed by atoms with Crippen LogP contribution in [0.15, 0.2) is 65.2 Å². The lowest BCUT2D eigenvalue weighted by atomic mass is 10.1. The van der Waals surface area contributed by atoms with Crippen LogP contribution in [0.4, 0.5) is 4.39 Å². The first-order valence-corrected chi connectivity index (χ1v) is 8.38. The number of carbonyl (C=O) groups is 2. The zero-order valence-electron chi connectivity index (χ0n) is 14.4. The lowest BCUT2D eigenvalue weighted by molar-refractivity contribution is -0.127. The van der Waals surface area contributed by atoms with Crippen molar-refractivity contribution in [2.45, 2.75) is 18.9 Å². The van der Waals surface area contributed by atoms with E-state index in [-0.39, 0.29) is 18.7 Å². The predicted molar refractivity (Wildman–Crippen MR) is 96.7 cm³/mol. The molecule has 6 nitrogen and oxygen atoms in total. The maximum absolute atomic E-state index is 13.8. The smallest absolute Gasteiger partial charge is 0.244 e. The molecule has 0 fully saturated rings. The average molecular weight is 367 g/mol. The van der Waals surface area contributed by atoms with Gasteiger partial charge in [0.15, 0.2) is 11.7 Å². The van der Waals surface area contributed by atoms with Crippen molar-refractivity contribution in [1.82, 2.24) is 10.3 Å². The number of primary amides is 1. The molecule has 1 aromatic heterocycles. The maximum atomic E-state index is 13.8. The number of amides is 2. The van der Waals surface area contributed by atoms with Crippen molar-refractivity contribution in [3.8, 4) is 11.3 Å². The van der Waals surface area contributed by atoms with Crippen molar-refractivity contribution in [2.24, 2.45) is 5.73 Å². The minimum absolute atomic E-state index is 0.0494. The molecule has 0 radical (unpaired) electrons. The Balaban J connectivity index is 1.61. The number of aryl methyl sites for hydroxylation is 1. The Labute approximate surface area is 155 Å². The van der Waals surface area contributed by atoms with E-state index in [4.69, 9.17) is 10.2 Å². The van der Waals surface area contributed by atoms with Crippen molar-refractivity contribution in [2.75, 3.05) is 0 Å². The van der Waals surface area contributed by atoms with Crippen LogP contribution >= 0.6 is 0 Å². The van der Waals surface area contributed by atoms with Crippen LogP contribution in [0.3, 0.4) is 0 Å². The molecule has 0 aliphatic carbocycles. The average Bonchev–Trinajstić information content (AvgIpc) is 3.14. The molecule has 3 rings (SSSR count). The van der Waals surface area contributed by atoms with Crippen LogP contribution in [-0.4, -0.2) is 16.8 Å². The van der Waals surface area contributed by atoms with Gasteiger partial charge >= 0.3 is 0 Å². The number of nitrogens with two attached hydrogens (primary N) is 1. The number of hydrogen-bond donors (Lipinski definition) is 2. The molecule has 0 aliphatic rings. The zero-order valence-corrected chi connectivity index (χ0v) is 14.4. The summed E-state index contributed by atoms with van der Waals surface area (Å²) in [6, 6.07) is 14.0. The van der Waals surface area contributed by atoms with E-state index in [1.807, 2.05) is 0 Å². The van der Waals surface area contributed by atoms with Crippen molar-refractivity contribution < 1.29 is 18.4 Å². The van der Waals surface area contributed by atoms with E-state index < -0.39 is 17.8 Å². The second-order valence-corrected chi connectivity index (χ2v) is 5.91. The molecular weight excluding hydrogens is 349 g/mol. The van der Waals surface area contributed by atoms with Crippen molar-refractivity contribution >= 4 is 11.8 Å². The molecule has 0 saturated carbocycles. The Bertz CT molecular complexity index is 940. The number of carbonyl (C=O) groups excluding carboxylic acids is 2. The molecule has 1 heterocycles. The minimum atomic E-state index is -0.905. The second-order valence-electron chi connectivity index (χ2n) is 5.91. The first kappa shape index (κ1) is 18.3. The second kappa shape index (κ2) is 8.27. The van der Waals surface area contributed by atoms with Crippen molar-refractivity contribution in [3.63, 3.8) is 0 Å². The topological polar surface area (TPSA) is 98.2 Å². The molecular formula is C20H18FN3O3. The quantitative estimate of drug-likeness (QED) is 0.671. The molecule has 0 spiro atoms. The molecule has 138 valence electrons. The summed E-state index contributed by atoms with van der Waals surface area (Å²) in [6.07, 6.45) is 1.68. The summed E-state index contributed by atoms with van der Waals surface area (Å²) >= 11 is 0. The van der Waals surface area contributed by atoms with Crippen LogP contribution in [0.5, 0.6) is 0 Å². The van der Waals surface area contributed by atoms with Crippen molar-refractivity contribution in [3.05, 3.63) is 78.1 Å². The van der Waals surface area contributed by atoms with Crippen LogP contribution in [-0.2, 0) is 16.0 Å². The van der Waals surface area contributed by atoms with E-state index in [0.29, 0.717) is 22.8 Å². The number of oxazole rings is 1. The molecule has 0 bridgehead atoms. The molecule has 7 heteroatoms.